The summed E-state index contributed by atoms with van der Waals surface area (Å²) >= 11 is 5.88. The van der Waals surface area contributed by atoms with Crippen molar-refractivity contribution in [2.24, 2.45) is 7.05 Å². The first-order valence-corrected chi connectivity index (χ1v) is 27.5. The van der Waals surface area contributed by atoms with Gasteiger partial charge in [0.2, 0.25) is 5.91 Å². The number of likely N-dealkylation sites (tertiary alicyclic amines) is 1. The standard InChI is InChI=1S/C63H53N6O7PS/c1-43(78)54(57-65-66-67-68(57)2)74-60-53(64-58(70)52(44-27-11-3-12-28-44)62(72)75-55(45-29-13-4-14-30-45)46-31-15-5-16-32-46)59(71)69(60)61(63(73)76-56(47-33-17-6-18-34-47)48-35-19-7-20-36-48)77(49-37-21-8-22-38-49,50-39-23-9-24-40-50)51-41-25-10-26-42-51/h3-42,52-56,60H,1-2H3,(H,64,70). The molecule has 2 heterocycles. The number of aryl methyl sites for hydroxylation is 1. The normalized spacial score (nSPS) is 14.9. The highest BCUT2D eigenvalue weighted by molar-refractivity contribution is 7.96. The van der Waals surface area contributed by atoms with Gasteiger partial charge in [0, 0.05) is 18.8 Å². The first-order valence-electron chi connectivity index (χ1n) is 25.3. The quantitative estimate of drug-likeness (QED) is 0.0272. The highest BCUT2D eigenvalue weighted by atomic mass is 32.1. The maximum Gasteiger partial charge on any atom is 0.357 e. The maximum absolute atomic E-state index is 16.5. The molecule has 15 heteroatoms. The van der Waals surface area contributed by atoms with E-state index in [4.69, 9.17) is 26.4 Å². The van der Waals surface area contributed by atoms with Gasteiger partial charge in [0.1, 0.15) is 5.42 Å². The monoisotopic (exact) mass is 1070 g/mol. The summed E-state index contributed by atoms with van der Waals surface area (Å²) in [5, 5.41) is 17.3. The van der Waals surface area contributed by atoms with Crippen molar-refractivity contribution in [3.8, 4) is 0 Å². The van der Waals surface area contributed by atoms with Crippen molar-refractivity contribution in [2.45, 2.75) is 43.4 Å². The minimum Gasteiger partial charge on any atom is -0.452 e. The summed E-state index contributed by atoms with van der Waals surface area (Å²) in [6.45, 7) is -1.95. The van der Waals surface area contributed by atoms with E-state index >= 15 is 14.4 Å². The average Bonchev–Trinajstić information content (AvgIpc) is 3.92. The van der Waals surface area contributed by atoms with E-state index in [9.17, 15) is 4.79 Å². The molecule has 0 aliphatic carbocycles. The fourth-order valence-electron chi connectivity index (χ4n) is 9.85. The summed E-state index contributed by atoms with van der Waals surface area (Å²) in [6, 6.07) is 72.8. The van der Waals surface area contributed by atoms with Crippen LogP contribution < -0.4 is 21.2 Å². The van der Waals surface area contributed by atoms with E-state index < -0.39 is 67.1 Å². The molecule has 0 spiro atoms. The van der Waals surface area contributed by atoms with Crippen LogP contribution in [0.25, 0.3) is 0 Å². The molecule has 1 aliphatic heterocycles. The predicted octanol–water partition coefficient (Wildman–Crippen LogP) is 8.88. The highest BCUT2D eigenvalue weighted by Crippen LogP contribution is 2.50. The average molecular weight is 1070 g/mol. The summed E-state index contributed by atoms with van der Waals surface area (Å²) in [6.07, 6.45) is -4.55. The zero-order chi connectivity index (χ0) is 54.0. The van der Waals surface area contributed by atoms with Crippen molar-refractivity contribution in [3.05, 3.63) is 276 Å². The number of β-lactam (4-membered cyclic amide) rings is 1. The van der Waals surface area contributed by atoms with Crippen molar-refractivity contribution >= 4 is 69.1 Å². The van der Waals surface area contributed by atoms with Crippen LogP contribution in [0.15, 0.2) is 243 Å². The molecule has 0 saturated carbocycles. The van der Waals surface area contributed by atoms with Gasteiger partial charge in [0.05, 0.1) is 0 Å². The third-order valence-corrected chi connectivity index (χ3v) is 18.0. The van der Waals surface area contributed by atoms with Crippen LogP contribution in [-0.4, -0.2) is 71.4 Å². The van der Waals surface area contributed by atoms with E-state index in [-0.39, 0.29) is 16.1 Å². The van der Waals surface area contributed by atoms with Gasteiger partial charge >= 0.3 is 11.9 Å². The van der Waals surface area contributed by atoms with Crippen LogP contribution in [0.3, 0.4) is 0 Å². The molecule has 4 unspecified atom stereocenters. The van der Waals surface area contributed by atoms with Crippen LogP contribution in [0.2, 0.25) is 0 Å². The first kappa shape index (κ1) is 52.5. The number of nitrogens with zero attached hydrogens (tertiary/aromatic N) is 5. The lowest BCUT2D eigenvalue weighted by Crippen LogP contribution is -2.75. The molecule has 388 valence electrons. The van der Waals surface area contributed by atoms with E-state index in [0.717, 1.165) is 0 Å². The molecular weight excluding hydrogens is 1020 g/mol. The molecule has 1 aliphatic rings. The molecule has 1 aromatic heterocycles. The number of carbonyl (C=O) groups excluding carboxylic acids is 4. The lowest BCUT2D eigenvalue weighted by Gasteiger charge is -2.50. The van der Waals surface area contributed by atoms with Crippen LogP contribution in [0.1, 0.15) is 64.8 Å². The van der Waals surface area contributed by atoms with Crippen LogP contribution >= 0.6 is 19.1 Å². The summed E-state index contributed by atoms with van der Waals surface area (Å²) in [4.78, 5) is 64.4. The number of benzene rings is 8. The van der Waals surface area contributed by atoms with Gasteiger partial charge in [-0.25, -0.2) is 9.48 Å². The topological polar surface area (TPSA) is 155 Å². The van der Waals surface area contributed by atoms with Crippen molar-refractivity contribution in [1.29, 1.82) is 0 Å². The SMILES string of the molecule is CC(=S)C(OC1C(NC(=O)C(C(=O)OC(c2ccccc2)c2ccccc2)c2ccccc2)C(=O)N1C(C(=O)OC(c1ccccc1)c1ccccc1)=P(c1ccccc1)(c1ccccc1)c1ccccc1)c1nnnn1C. The number of esters is 2. The number of hydrogen-bond donors (Lipinski definition) is 1. The Balaban J connectivity index is 1.17. The van der Waals surface area contributed by atoms with Gasteiger partial charge < -0.3 is 19.5 Å². The first-order chi connectivity index (χ1) is 38.1. The van der Waals surface area contributed by atoms with Crippen LogP contribution in [-0.2, 0) is 40.4 Å². The lowest BCUT2D eigenvalue weighted by molar-refractivity contribution is -0.179. The molecule has 1 saturated heterocycles. The molecule has 78 heavy (non-hydrogen) atoms. The predicted molar refractivity (Wildman–Crippen MR) is 304 cm³/mol. The lowest BCUT2D eigenvalue weighted by atomic mass is 9.95. The number of hydrogen-bond acceptors (Lipinski definition) is 11. The summed E-state index contributed by atoms with van der Waals surface area (Å²) in [5.74, 6) is -4.70. The Morgan fingerprint density at radius 2 is 0.923 bits per heavy atom. The number of ether oxygens (including phenoxy) is 3. The Morgan fingerprint density at radius 1 is 0.551 bits per heavy atom. The summed E-state index contributed by atoms with van der Waals surface area (Å²) < 4.78 is 21.7. The molecule has 8 aromatic carbocycles. The van der Waals surface area contributed by atoms with Gasteiger partial charge in [-0.3, -0.25) is 19.3 Å². The Hall–Kier alpha value is -8.94. The van der Waals surface area contributed by atoms with E-state index in [2.05, 4.69) is 20.8 Å². The molecule has 4 atom stereocenters. The highest BCUT2D eigenvalue weighted by Gasteiger charge is 2.57. The second-order valence-corrected chi connectivity index (χ2v) is 22.4. The van der Waals surface area contributed by atoms with Gasteiger partial charge in [0.25, 0.3) is 5.91 Å². The van der Waals surface area contributed by atoms with Crippen molar-refractivity contribution in [3.63, 3.8) is 0 Å². The molecule has 13 nitrogen and oxygen atoms in total. The fourth-order valence-corrected chi connectivity index (χ4v) is 14.4. The fraction of sp³-hybridized carbons (Fsp3) is 0.127. The Morgan fingerprint density at radius 3 is 1.29 bits per heavy atom. The maximum atomic E-state index is 16.5. The van der Waals surface area contributed by atoms with Gasteiger partial charge in [0.15, 0.2) is 42.3 Å². The van der Waals surface area contributed by atoms with E-state index in [0.29, 0.717) is 43.7 Å². The summed E-state index contributed by atoms with van der Waals surface area (Å²) in [7, 11) is 1.63. The van der Waals surface area contributed by atoms with E-state index in [1.807, 2.05) is 212 Å². The number of tetrazole rings is 1. The number of aromatic nitrogens is 4. The van der Waals surface area contributed by atoms with Crippen LogP contribution in [0.5, 0.6) is 0 Å². The Kier molecular flexibility index (Phi) is 16.1. The molecule has 1 fully saturated rings. The Labute approximate surface area is 457 Å². The smallest absolute Gasteiger partial charge is 0.357 e. The Bertz CT molecular complexity index is 3400. The minimum absolute atomic E-state index is 0.0482. The van der Waals surface area contributed by atoms with Crippen molar-refractivity contribution < 1.29 is 33.4 Å². The molecular formula is C63H53N6O7PS. The van der Waals surface area contributed by atoms with Crippen molar-refractivity contribution in [1.82, 2.24) is 30.4 Å². The van der Waals surface area contributed by atoms with Gasteiger partial charge in [-0.05, 0) is 61.1 Å². The van der Waals surface area contributed by atoms with Gasteiger partial charge in [-0.1, -0.05) is 255 Å². The molecule has 9 aromatic rings. The second-order valence-electron chi connectivity index (χ2n) is 18.5. The number of carbonyl (C=O) groups is 4. The van der Waals surface area contributed by atoms with Crippen LogP contribution in [0.4, 0.5) is 0 Å². The molecule has 1 N–H and O–H groups in total. The minimum atomic E-state index is -3.61. The zero-order valence-corrected chi connectivity index (χ0v) is 44.2. The molecule has 0 radical (unpaired) electrons. The van der Waals surface area contributed by atoms with Gasteiger partial charge in [-0.15, -0.1) is 5.10 Å². The number of nitrogens with one attached hydrogen (secondary N) is 1. The van der Waals surface area contributed by atoms with Crippen molar-refractivity contribution in [2.75, 3.05) is 0 Å². The third-order valence-electron chi connectivity index (χ3n) is 13.5. The van der Waals surface area contributed by atoms with Gasteiger partial charge in [-0.2, -0.15) is 0 Å². The number of thiocarbonyl (C=S) groups is 1. The zero-order valence-electron chi connectivity index (χ0n) is 42.5. The van der Waals surface area contributed by atoms with E-state index in [1.165, 1.54) is 9.58 Å². The molecule has 10 rings (SSSR count). The third kappa shape index (κ3) is 10.7. The number of rotatable bonds is 19. The largest absolute Gasteiger partial charge is 0.452 e. The summed E-state index contributed by atoms with van der Waals surface area (Å²) in [5.41, 5.74) is 2.98. The van der Waals surface area contributed by atoms with Crippen LogP contribution in [0, 0.1) is 0 Å². The van der Waals surface area contributed by atoms with E-state index in [1.54, 1.807) is 44.3 Å². The second kappa shape index (κ2) is 23.9. The molecule has 0 bridgehead atoms. The molecule has 2 amide bonds. The number of amides is 2.